The molecule has 1 heterocycles. The van der Waals surface area contributed by atoms with Gasteiger partial charge in [-0.25, -0.2) is 4.98 Å². The minimum atomic E-state index is -0.00694. The molecule has 0 bridgehead atoms. The summed E-state index contributed by atoms with van der Waals surface area (Å²) in [6.07, 6.45) is 1.32. The van der Waals surface area contributed by atoms with Crippen LogP contribution in [0.4, 0.5) is 0 Å². The zero-order chi connectivity index (χ0) is 6.69. The Hall–Kier alpha value is -1.39. The van der Waals surface area contributed by atoms with E-state index in [4.69, 9.17) is 5.41 Å². The molecular formula is C4H6N4O. The maximum absolute atomic E-state index is 7.04. The largest absolute Gasteiger partial charge is 0.479 e. The van der Waals surface area contributed by atoms with Gasteiger partial charge in [0.15, 0.2) is 0 Å². The lowest BCUT2D eigenvalue weighted by molar-refractivity contribution is 0.398. The Balaban J connectivity index is 2.77. The Morgan fingerprint density at radius 1 is 1.89 bits per heavy atom. The van der Waals surface area contributed by atoms with Gasteiger partial charge in [0, 0.05) is 0 Å². The molecule has 48 valence electrons. The van der Waals surface area contributed by atoms with Crippen LogP contribution in [-0.2, 0) is 4.74 Å². The summed E-state index contributed by atoms with van der Waals surface area (Å²) in [6.45, 7) is 0. The molecule has 0 amide bonds. The second-order valence-electron chi connectivity index (χ2n) is 1.37. The van der Waals surface area contributed by atoms with Crippen LogP contribution in [0.2, 0.25) is 0 Å². The van der Waals surface area contributed by atoms with Crippen molar-refractivity contribution in [2.45, 2.75) is 0 Å². The molecule has 0 saturated carbocycles. The monoisotopic (exact) mass is 126 g/mol. The Bertz CT molecular complexity index is 192. The summed E-state index contributed by atoms with van der Waals surface area (Å²) in [5.74, 6) is 0.338. The molecule has 0 aliphatic carbocycles. The highest BCUT2D eigenvalue weighted by Crippen LogP contribution is 1.86. The number of methoxy groups -OCH3 is 1. The Labute approximate surface area is 51.6 Å². The number of hydrogen-bond donors (Lipinski definition) is 2. The van der Waals surface area contributed by atoms with Crippen LogP contribution in [0.15, 0.2) is 6.33 Å². The highest BCUT2D eigenvalue weighted by atomic mass is 16.5. The van der Waals surface area contributed by atoms with Crippen LogP contribution in [0.25, 0.3) is 0 Å². The molecule has 2 N–H and O–H groups in total. The second kappa shape index (κ2) is 2.25. The molecule has 1 rings (SSSR count). The summed E-state index contributed by atoms with van der Waals surface area (Å²) in [5.41, 5.74) is 0. The van der Waals surface area contributed by atoms with Gasteiger partial charge in [0.2, 0.25) is 5.82 Å². The zero-order valence-corrected chi connectivity index (χ0v) is 4.88. The lowest BCUT2D eigenvalue weighted by atomic mass is 10.6. The van der Waals surface area contributed by atoms with Gasteiger partial charge in [-0.2, -0.15) is 5.10 Å². The number of ether oxygens (including phenoxy) is 1. The number of aromatic amines is 1. The lowest BCUT2D eigenvalue weighted by Crippen LogP contribution is -2.03. The highest BCUT2D eigenvalue weighted by Gasteiger charge is 2.00. The number of aromatic nitrogens is 3. The van der Waals surface area contributed by atoms with Gasteiger partial charge in [-0.1, -0.05) is 0 Å². The lowest BCUT2D eigenvalue weighted by Gasteiger charge is -1.93. The molecule has 0 atom stereocenters. The normalized spacial score (nSPS) is 9.00. The molecule has 0 unspecified atom stereocenters. The quantitative estimate of drug-likeness (QED) is 0.403. The molecule has 0 saturated heterocycles. The van der Waals surface area contributed by atoms with Gasteiger partial charge < -0.3 is 4.74 Å². The average Bonchev–Trinajstić information content (AvgIpc) is 2.37. The number of hydrogen-bond acceptors (Lipinski definition) is 4. The van der Waals surface area contributed by atoms with E-state index in [1.165, 1.54) is 13.4 Å². The molecule has 5 nitrogen and oxygen atoms in total. The molecule has 0 fully saturated rings. The molecular weight excluding hydrogens is 120 g/mol. The van der Waals surface area contributed by atoms with Gasteiger partial charge in [-0.15, -0.1) is 0 Å². The van der Waals surface area contributed by atoms with E-state index in [1.807, 2.05) is 0 Å². The van der Waals surface area contributed by atoms with Gasteiger partial charge in [-0.3, -0.25) is 10.5 Å². The van der Waals surface area contributed by atoms with Crippen molar-refractivity contribution in [2.75, 3.05) is 7.11 Å². The molecule has 0 spiro atoms. The van der Waals surface area contributed by atoms with E-state index in [2.05, 4.69) is 19.9 Å². The summed E-state index contributed by atoms with van der Waals surface area (Å²) in [6, 6.07) is 0. The predicted molar refractivity (Wildman–Crippen MR) is 30.2 cm³/mol. The fourth-order valence-electron chi connectivity index (χ4n) is 0.412. The number of nitrogens with zero attached hydrogens (tertiary/aromatic N) is 2. The van der Waals surface area contributed by atoms with Crippen molar-refractivity contribution < 1.29 is 4.74 Å². The summed E-state index contributed by atoms with van der Waals surface area (Å²) >= 11 is 0. The van der Waals surface area contributed by atoms with E-state index in [1.54, 1.807) is 0 Å². The molecule has 0 aliphatic heterocycles. The Kier molecular flexibility index (Phi) is 1.44. The molecule has 5 heteroatoms. The van der Waals surface area contributed by atoms with Crippen molar-refractivity contribution >= 4 is 5.90 Å². The van der Waals surface area contributed by atoms with E-state index >= 15 is 0 Å². The first-order chi connectivity index (χ1) is 4.34. The molecule has 9 heavy (non-hydrogen) atoms. The minimum Gasteiger partial charge on any atom is -0.479 e. The maximum Gasteiger partial charge on any atom is 0.251 e. The van der Waals surface area contributed by atoms with Crippen molar-refractivity contribution in [1.29, 1.82) is 5.41 Å². The first kappa shape index (κ1) is 5.74. The van der Waals surface area contributed by atoms with E-state index in [0.29, 0.717) is 5.82 Å². The van der Waals surface area contributed by atoms with Gasteiger partial charge in [0.05, 0.1) is 7.11 Å². The first-order valence-electron chi connectivity index (χ1n) is 2.33. The van der Waals surface area contributed by atoms with Crippen molar-refractivity contribution in [3.05, 3.63) is 12.2 Å². The van der Waals surface area contributed by atoms with Gasteiger partial charge in [0.1, 0.15) is 6.33 Å². The third kappa shape index (κ3) is 1.04. The number of nitrogens with one attached hydrogen (secondary N) is 2. The van der Waals surface area contributed by atoms with E-state index in [-0.39, 0.29) is 5.90 Å². The smallest absolute Gasteiger partial charge is 0.251 e. The van der Waals surface area contributed by atoms with Crippen LogP contribution in [-0.4, -0.2) is 28.2 Å². The highest BCUT2D eigenvalue weighted by molar-refractivity contribution is 5.87. The van der Waals surface area contributed by atoms with E-state index in [0.717, 1.165) is 0 Å². The van der Waals surface area contributed by atoms with Crippen molar-refractivity contribution in [3.8, 4) is 0 Å². The first-order valence-corrected chi connectivity index (χ1v) is 2.33. The van der Waals surface area contributed by atoms with Crippen LogP contribution in [0.3, 0.4) is 0 Å². The minimum absolute atomic E-state index is 0.00694. The van der Waals surface area contributed by atoms with E-state index < -0.39 is 0 Å². The zero-order valence-electron chi connectivity index (χ0n) is 4.88. The number of H-pyrrole nitrogens is 1. The number of rotatable bonds is 1. The van der Waals surface area contributed by atoms with Crippen LogP contribution >= 0.6 is 0 Å². The summed E-state index contributed by atoms with van der Waals surface area (Å²) in [5, 5.41) is 13.1. The van der Waals surface area contributed by atoms with Crippen LogP contribution < -0.4 is 0 Å². The maximum atomic E-state index is 7.04. The molecule has 1 aromatic rings. The van der Waals surface area contributed by atoms with Crippen molar-refractivity contribution in [1.82, 2.24) is 15.2 Å². The molecule has 0 aromatic carbocycles. The third-order valence-corrected chi connectivity index (χ3v) is 0.834. The summed E-state index contributed by atoms with van der Waals surface area (Å²) < 4.78 is 4.54. The van der Waals surface area contributed by atoms with Crippen LogP contribution in [0, 0.1) is 5.41 Å². The Morgan fingerprint density at radius 2 is 2.67 bits per heavy atom. The van der Waals surface area contributed by atoms with Gasteiger partial charge >= 0.3 is 0 Å². The second-order valence-corrected chi connectivity index (χ2v) is 1.37. The topological polar surface area (TPSA) is 74.7 Å². The molecule has 1 aromatic heterocycles. The fraction of sp³-hybridized carbons (Fsp3) is 0.250. The third-order valence-electron chi connectivity index (χ3n) is 0.834. The van der Waals surface area contributed by atoms with Crippen LogP contribution in [0.5, 0.6) is 0 Å². The molecule has 0 aliphatic rings. The van der Waals surface area contributed by atoms with Gasteiger partial charge in [0.25, 0.3) is 5.90 Å². The van der Waals surface area contributed by atoms with Gasteiger partial charge in [-0.05, 0) is 0 Å². The summed E-state index contributed by atoms with van der Waals surface area (Å²) in [7, 11) is 1.41. The summed E-state index contributed by atoms with van der Waals surface area (Å²) in [4.78, 5) is 3.67. The molecule has 0 radical (unpaired) electrons. The Morgan fingerprint density at radius 3 is 3.11 bits per heavy atom. The average molecular weight is 126 g/mol. The van der Waals surface area contributed by atoms with Crippen LogP contribution in [0.1, 0.15) is 5.82 Å². The van der Waals surface area contributed by atoms with Crippen molar-refractivity contribution in [3.63, 3.8) is 0 Å². The fourth-order valence-corrected chi connectivity index (χ4v) is 0.412. The SMILES string of the molecule is COC(=N)c1ncn[nH]1. The standard InChI is InChI=1S/C4H6N4O/c1-9-3(5)4-6-2-7-8-4/h2,5H,1H3,(H,6,7,8). The van der Waals surface area contributed by atoms with E-state index in [9.17, 15) is 0 Å². The predicted octanol–water partition coefficient (Wildman–Crippen LogP) is -0.224. The van der Waals surface area contributed by atoms with Crippen molar-refractivity contribution in [2.24, 2.45) is 0 Å².